The second kappa shape index (κ2) is 8.66. The van der Waals surface area contributed by atoms with E-state index in [-0.39, 0.29) is 17.7 Å². The molecule has 1 fully saturated rings. The Morgan fingerprint density at radius 1 is 1.44 bits per heavy atom. The van der Waals surface area contributed by atoms with Gasteiger partial charge in [-0.15, -0.1) is 0 Å². The molecule has 1 N–H and O–H groups in total. The van der Waals surface area contributed by atoms with Crippen molar-refractivity contribution in [2.24, 2.45) is 0 Å². The molecule has 1 aromatic heterocycles. The number of anilines is 1. The molecule has 1 aliphatic rings. The van der Waals surface area contributed by atoms with Gasteiger partial charge in [0.1, 0.15) is 11.6 Å². The lowest BCUT2D eigenvalue weighted by atomic mass is 10.2. The van der Waals surface area contributed by atoms with Gasteiger partial charge in [-0.2, -0.15) is 8.78 Å². The Hall–Kier alpha value is -2.90. The van der Waals surface area contributed by atoms with E-state index in [2.05, 4.69) is 15.0 Å². The summed E-state index contributed by atoms with van der Waals surface area (Å²) >= 11 is 0. The largest absolute Gasteiger partial charge is 0.433 e. The van der Waals surface area contributed by atoms with E-state index in [1.54, 1.807) is 30.5 Å². The Labute approximate surface area is 156 Å². The van der Waals surface area contributed by atoms with Crippen molar-refractivity contribution < 1.29 is 18.3 Å². The smallest absolute Gasteiger partial charge is 0.387 e. The van der Waals surface area contributed by atoms with Crippen LogP contribution in [0.3, 0.4) is 0 Å². The van der Waals surface area contributed by atoms with Gasteiger partial charge >= 0.3 is 6.61 Å². The van der Waals surface area contributed by atoms with Crippen LogP contribution in [0.15, 0.2) is 42.7 Å². The van der Waals surface area contributed by atoms with Gasteiger partial charge in [0, 0.05) is 44.1 Å². The van der Waals surface area contributed by atoms with Crippen LogP contribution in [0.2, 0.25) is 0 Å². The molecule has 0 spiro atoms. The minimum atomic E-state index is -2.87. The predicted octanol–water partition coefficient (Wildman–Crippen LogP) is 2.91. The molecule has 1 saturated heterocycles. The van der Waals surface area contributed by atoms with Crippen molar-refractivity contribution in [2.75, 3.05) is 18.0 Å². The summed E-state index contributed by atoms with van der Waals surface area (Å²) < 4.78 is 31.7. The molecule has 1 amide bonds. The summed E-state index contributed by atoms with van der Waals surface area (Å²) in [5.41, 5.74) is 0.607. The number of aromatic nitrogens is 2. The Bertz CT molecular complexity index is 807. The van der Waals surface area contributed by atoms with Crippen LogP contribution in [0, 0.1) is 0 Å². The van der Waals surface area contributed by atoms with Crippen LogP contribution in [0.5, 0.6) is 5.75 Å². The predicted molar refractivity (Wildman–Crippen MR) is 98.8 cm³/mol. The molecule has 2 aromatic rings. The number of aryl methyl sites for hydroxylation is 1. The van der Waals surface area contributed by atoms with Crippen LogP contribution >= 0.6 is 0 Å². The van der Waals surface area contributed by atoms with Crippen molar-refractivity contribution in [3.8, 4) is 5.75 Å². The summed E-state index contributed by atoms with van der Waals surface area (Å²) in [6.45, 7) is 1.09. The van der Waals surface area contributed by atoms with Crippen LogP contribution < -0.4 is 15.0 Å². The monoisotopic (exact) mass is 376 g/mol. The molecular formula is C19H22F2N4O2. The van der Waals surface area contributed by atoms with Crippen molar-refractivity contribution in [3.63, 3.8) is 0 Å². The summed E-state index contributed by atoms with van der Waals surface area (Å²) in [6, 6.07) is 6.63. The first kappa shape index (κ1) is 18.9. The maximum absolute atomic E-state index is 12.6. The number of imidazole rings is 1. The van der Waals surface area contributed by atoms with Gasteiger partial charge < -0.3 is 19.5 Å². The summed E-state index contributed by atoms with van der Waals surface area (Å²) in [4.78, 5) is 18.3. The summed E-state index contributed by atoms with van der Waals surface area (Å²) in [5, 5.41) is 2.95. The Balaban J connectivity index is 1.58. The highest BCUT2D eigenvalue weighted by Crippen LogP contribution is 2.31. The van der Waals surface area contributed by atoms with E-state index in [0.29, 0.717) is 18.8 Å². The second-order valence-corrected chi connectivity index (χ2v) is 6.19. The maximum atomic E-state index is 12.6. The fourth-order valence-corrected chi connectivity index (χ4v) is 3.16. The number of nitrogens with one attached hydrogen (secondary N) is 1. The van der Waals surface area contributed by atoms with Crippen molar-refractivity contribution in [3.05, 3.63) is 48.6 Å². The van der Waals surface area contributed by atoms with E-state index < -0.39 is 6.61 Å². The first-order valence-corrected chi connectivity index (χ1v) is 8.85. The topological polar surface area (TPSA) is 59.4 Å². The fourth-order valence-electron chi connectivity index (χ4n) is 3.16. The third-order valence-corrected chi connectivity index (χ3v) is 4.43. The minimum Gasteiger partial charge on any atom is -0.433 e. The summed E-state index contributed by atoms with van der Waals surface area (Å²) in [6.07, 6.45) is 7.41. The van der Waals surface area contributed by atoms with Gasteiger partial charge in [-0.25, -0.2) is 4.98 Å². The number of alkyl halides is 2. The van der Waals surface area contributed by atoms with Crippen LogP contribution in [0.4, 0.5) is 14.5 Å². The van der Waals surface area contributed by atoms with E-state index in [9.17, 15) is 13.6 Å². The lowest BCUT2D eigenvalue weighted by molar-refractivity contribution is -0.117. The van der Waals surface area contributed by atoms with Gasteiger partial charge in [0.2, 0.25) is 5.91 Å². The molecule has 0 saturated carbocycles. The number of hydrogen-bond donors (Lipinski definition) is 1. The molecule has 1 aliphatic heterocycles. The average Bonchev–Trinajstić information content (AvgIpc) is 3.29. The van der Waals surface area contributed by atoms with Gasteiger partial charge in [-0.3, -0.25) is 4.79 Å². The number of carbonyl (C=O) groups excluding carboxylic acids is 1. The number of para-hydroxylation sites is 2. The van der Waals surface area contributed by atoms with E-state index in [1.807, 2.05) is 22.6 Å². The lowest BCUT2D eigenvalue weighted by Crippen LogP contribution is -2.36. The quantitative estimate of drug-likeness (QED) is 0.755. The van der Waals surface area contributed by atoms with Crippen LogP contribution in [-0.2, 0) is 11.3 Å². The number of ether oxygens (including phenoxy) is 1. The molecule has 0 radical (unpaired) electrons. The second-order valence-electron chi connectivity index (χ2n) is 6.19. The zero-order valence-corrected chi connectivity index (χ0v) is 15.0. The highest BCUT2D eigenvalue weighted by molar-refractivity contribution is 5.91. The molecule has 1 aromatic carbocycles. The molecule has 0 bridgehead atoms. The van der Waals surface area contributed by atoms with Crippen molar-refractivity contribution in [2.45, 2.75) is 32.5 Å². The lowest BCUT2D eigenvalue weighted by Gasteiger charge is -2.21. The standard InChI is InChI=1S/C19H22F2N4O2/c1-2-24-12-10-22-17(24)7-8-18(26)23-14-9-11-25(13-14)15-5-3-4-6-16(15)27-19(20)21/h3-8,10,12,14,19H,2,9,11,13H2,1H3,(H,23,26)/b8-7+. The molecule has 6 nitrogen and oxygen atoms in total. The minimum absolute atomic E-state index is 0.0623. The van der Waals surface area contributed by atoms with Gasteiger partial charge in [0.05, 0.1) is 5.69 Å². The van der Waals surface area contributed by atoms with E-state index in [1.165, 1.54) is 12.1 Å². The summed E-state index contributed by atoms with van der Waals surface area (Å²) in [5.74, 6) is 0.661. The Morgan fingerprint density at radius 3 is 3.04 bits per heavy atom. The Kier molecular flexibility index (Phi) is 6.05. The SMILES string of the molecule is CCn1ccnc1/C=C/C(=O)NC1CCN(c2ccccc2OC(F)F)C1. The molecule has 0 aliphatic carbocycles. The molecule has 1 atom stereocenters. The van der Waals surface area contributed by atoms with E-state index >= 15 is 0 Å². The molecule has 1 unspecified atom stereocenters. The zero-order valence-electron chi connectivity index (χ0n) is 15.0. The van der Waals surface area contributed by atoms with Crippen molar-refractivity contribution in [1.29, 1.82) is 0 Å². The average molecular weight is 376 g/mol. The highest BCUT2D eigenvalue weighted by Gasteiger charge is 2.26. The number of carbonyl (C=O) groups is 1. The number of hydrogen-bond acceptors (Lipinski definition) is 4. The number of halogens is 2. The number of nitrogens with zero attached hydrogens (tertiary/aromatic N) is 3. The van der Waals surface area contributed by atoms with Gasteiger partial charge in [-0.05, 0) is 31.6 Å². The molecule has 8 heteroatoms. The normalized spacial score (nSPS) is 17.0. The number of benzene rings is 1. The van der Waals surface area contributed by atoms with Crippen molar-refractivity contribution >= 4 is 17.7 Å². The van der Waals surface area contributed by atoms with Crippen molar-refractivity contribution in [1.82, 2.24) is 14.9 Å². The molecule has 2 heterocycles. The number of amides is 1. The third-order valence-electron chi connectivity index (χ3n) is 4.43. The number of rotatable bonds is 7. The Morgan fingerprint density at radius 2 is 2.26 bits per heavy atom. The van der Waals surface area contributed by atoms with Crippen LogP contribution in [0.1, 0.15) is 19.2 Å². The van der Waals surface area contributed by atoms with Gasteiger partial charge in [-0.1, -0.05) is 12.1 Å². The fraction of sp³-hybridized carbons (Fsp3) is 0.368. The first-order valence-electron chi connectivity index (χ1n) is 8.85. The van der Waals surface area contributed by atoms with Gasteiger partial charge in [0.25, 0.3) is 0 Å². The zero-order chi connectivity index (χ0) is 19.2. The molecular weight excluding hydrogens is 354 g/mol. The highest BCUT2D eigenvalue weighted by atomic mass is 19.3. The van der Waals surface area contributed by atoms with E-state index in [4.69, 9.17) is 0 Å². The first-order chi connectivity index (χ1) is 13.1. The van der Waals surface area contributed by atoms with Gasteiger partial charge in [0.15, 0.2) is 0 Å². The van der Waals surface area contributed by atoms with Crippen LogP contribution in [-0.4, -0.2) is 41.2 Å². The molecule has 27 heavy (non-hydrogen) atoms. The molecule has 144 valence electrons. The van der Waals surface area contributed by atoms with Crippen LogP contribution in [0.25, 0.3) is 6.08 Å². The third kappa shape index (κ3) is 4.84. The molecule has 3 rings (SSSR count). The maximum Gasteiger partial charge on any atom is 0.387 e. The summed E-state index contributed by atoms with van der Waals surface area (Å²) in [7, 11) is 0. The van der Waals surface area contributed by atoms with E-state index in [0.717, 1.165) is 18.8 Å².